The quantitative estimate of drug-likeness (QED) is 0.432. The Morgan fingerprint density at radius 1 is 0.760 bits per heavy atom. The maximum absolute atomic E-state index is 9.21. The van der Waals surface area contributed by atoms with E-state index in [1.807, 2.05) is 23.5 Å². The lowest BCUT2D eigenvalue weighted by atomic mass is 9.91. The van der Waals surface area contributed by atoms with Crippen LogP contribution in [0.3, 0.4) is 0 Å². The third-order valence-electron chi connectivity index (χ3n) is 4.43. The van der Waals surface area contributed by atoms with Crippen LogP contribution in [-0.2, 0) is 4.74 Å². The lowest BCUT2D eigenvalue weighted by Gasteiger charge is -2.19. The summed E-state index contributed by atoms with van der Waals surface area (Å²) in [5.41, 5.74) is 0. The van der Waals surface area contributed by atoms with Gasteiger partial charge in [-0.2, -0.15) is 23.5 Å². The number of carbonyl (C=O) groups is 2. The molecule has 2 saturated carbocycles. The third kappa shape index (κ3) is 16.6. The summed E-state index contributed by atoms with van der Waals surface area (Å²) in [6.45, 7) is 0. The number of thioether (sulfide) groups is 2. The number of hydrogen-bond donors (Lipinski definition) is 2. The molecule has 0 aromatic carbocycles. The minimum absolute atomic E-state index is 1.06. The van der Waals surface area contributed by atoms with E-state index in [1.54, 1.807) is 0 Å². The van der Waals surface area contributed by atoms with Crippen LogP contribution in [0.15, 0.2) is 0 Å². The summed E-state index contributed by atoms with van der Waals surface area (Å²) in [5.74, 6) is 4.93. The molecule has 0 spiro atoms. The fraction of sp³-hybridized carbons (Fsp3) is 0.889. The van der Waals surface area contributed by atoms with Gasteiger partial charge < -0.3 is 14.9 Å². The molecule has 0 bridgehead atoms. The highest BCUT2D eigenvalue weighted by Crippen LogP contribution is 2.26. The van der Waals surface area contributed by atoms with E-state index in [-0.39, 0.29) is 0 Å². The molecule has 0 radical (unpaired) electrons. The lowest BCUT2D eigenvalue weighted by Crippen LogP contribution is -2.07. The highest BCUT2D eigenvalue weighted by atomic mass is 32.2. The molecule has 0 heterocycles. The van der Waals surface area contributed by atoms with Crippen LogP contribution in [0.25, 0.3) is 0 Å². The molecule has 0 aromatic rings. The lowest BCUT2D eigenvalue weighted by molar-refractivity contribution is 0.0802. The van der Waals surface area contributed by atoms with Gasteiger partial charge in [0.15, 0.2) is 0 Å². The summed E-state index contributed by atoms with van der Waals surface area (Å²) in [4.78, 5) is 18.4. The highest BCUT2D eigenvalue weighted by Gasteiger charge is 2.12. The van der Waals surface area contributed by atoms with Gasteiger partial charge in [0, 0.05) is 0 Å². The zero-order valence-corrected chi connectivity index (χ0v) is 17.2. The van der Waals surface area contributed by atoms with Gasteiger partial charge >= 0.3 is 12.3 Å². The summed E-state index contributed by atoms with van der Waals surface area (Å²) in [5, 5.41) is 15.0. The average Bonchev–Trinajstić information content (AvgIpc) is 2.57. The molecular formula is C18H34O5S2. The van der Waals surface area contributed by atoms with Crippen LogP contribution in [0.4, 0.5) is 9.59 Å². The molecule has 2 aliphatic rings. The molecular weight excluding hydrogens is 360 g/mol. The van der Waals surface area contributed by atoms with Gasteiger partial charge in [-0.1, -0.05) is 38.5 Å². The van der Waals surface area contributed by atoms with E-state index in [1.165, 1.54) is 75.7 Å². The Labute approximate surface area is 160 Å². The van der Waals surface area contributed by atoms with Crippen molar-refractivity contribution in [2.45, 2.75) is 64.2 Å². The van der Waals surface area contributed by atoms with Crippen molar-refractivity contribution < 1.29 is 24.5 Å². The second-order valence-electron chi connectivity index (χ2n) is 6.55. The maximum Gasteiger partial charge on any atom is 0.516 e. The van der Waals surface area contributed by atoms with Gasteiger partial charge in [-0.15, -0.1) is 0 Å². The van der Waals surface area contributed by atoms with Crippen LogP contribution in [-0.4, -0.2) is 46.5 Å². The van der Waals surface area contributed by atoms with E-state index in [4.69, 9.17) is 10.2 Å². The molecule has 0 saturated heterocycles. The standard InChI is InChI=1S/2C8H16S.C2H2O5/c2*1-9-7-8-5-3-2-4-6-8;3-1(4)7-2(5)6/h2*8H,2-7H2,1H3;(H,3,4)(H,5,6). The number of hydrogen-bond acceptors (Lipinski definition) is 5. The van der Waals surface area contributed by atoms with Gasteiger partial charge in [-0.25, -0.2) is 9.59 Å². The first kappa shape index (κ1) is 24.4. The van der Waals surface area contributed by atoms with Crippen molar-refractivity contribution in [1.82, 2.24) is 0 Å². The van der Waals surface area contributed by atoms with Crippen LogP contribution < -0.4 is 0 Å². The van der Waals surface area contributed by atoms with Gasteiger partial charge in [-0.05, 0) is 61.5 Å². The van der Waals surface area contributed by atoms with Crippen LogP contribution in [0, 0.1) is 11.8 Å². The zero-order valence-electron chi connectivity index (χ0n) is 15.6. The largest absolute Gasteiger partial charge is 0.516 e. The van der Waals surface area contributed by atoms with Crippen molar-refractivity contribution >= 4 is 35.8 Å². The summed E-state index contributed by atoms with van der Waals surface area (Å²) >= 11 is 4.02. The molecule has 0 amide bonds. The van der Waals surface area contributed by atoms with E-state index in [0.717, 1.165) is 11.8 Å². The number of ether oxygens (including phenoxy) is 1. The Morgan fingerprint density at radius 2 is 1.08 bits per heavy atom. The SMILES string of the molecule is CSCC1CCCCC1.CSCC1CCCCC1.O=C(O)OC(=O)O. The van der Waals surface area contributed by atoms with E-state index in [9.17, 15) is 9.59 Å². The summed E-state index contributed by atoms with van der Waals surface area (Å²) < 4.78 is 3.08. The Kier molecular flexibility index (Phi) is 16.5. The van der Waals surface area contributed by atoms with Crippen LogP contribution in [0.5, 0.6) is 0 Å². The molecule has 2 aliphatic carbocycles. The van der Waals surface area contributed by atoms with Crippen LogP contribution in [0.2, 0.25) is 0 Å². The first-order chi connectivity index (χ1) is 12.0. The molecule has 25 heavy (non-hydrogen) atoms. The van der Waals surface area contributed by atoms with Gasteiger partial charge in [-0.3, -0.25) is 0 Å². The van der Waals surface area contributed by atoms with E-state index < -0.39 is 12.3 Å². The number of carboxylic acid groups (broad SMARTS) is 2. The molecule has 0 aliphatic heterocycles. The monoisotopic (exact) mass is 394 g/mol. The first-order valence-corrected chi connectivity index (χ1v) is 11.9. The molecule has 5 nitrogen and oxygen atoms in total. The fourth-order valence-corrected chi connectivity index (χ4v) is 4.86. The summed E-state index contributed by atoms with van der Waals surface area (Å²) in [7, 11) is 0. The van der Waals surface area contributed by atoms with E-state index in [0.29, 0.717) is 0 Å². The second kappa shape index (κ2) is 16.9. The fourth-order valence-electron chi connectivity index (χ4n) is 3.25. The number of rotatable bonds is 4. The van der Waals surface area contributed by atoms with Crippen molar-refractivity contribution in [2.24, 2.45) is 11.8 Å². The Morgan fingerprint density at radius 3 is 1.28 bits per heavy atom. The van der Waals surface area contributed by atoms with Crippen LogP contribution in [0.1, 0.15) is 64.2 Å². The predicted octanol–water partition coefficient (Wildman–Crippen LogP) is 6.22. The molecule has 0 aromatic heterocycles. The summed E-state index contributed by atoms with van der Waals surface area (Å²) in [6.07, 6.45) is 15.8. The minimum atomic E-state index is -1.81. The molecule has 2 N–H and O–H groups in total. The van der Waals surface area contributed by atoms with Gasteiger partial charge in [0.1, 0.15) is 0 Å². The molecule has 2 fully saturated rings. The van der Waals surface area contributed by atoms with Crippen LogP contribution >= 0.6 is 23.5 Å². The Bertz CT molecular complexity index is 303. The van der Waals surface area contributed by atoms with Crippen molar-refractivity contribution in [3.8, 4) is 0 Å². The average molecular weight is 395 g/mol. The molecule has 0 unspecified atom stereocenters. The molecule has 148 valence electrons. The normalized spacial score (nSPS) is 18.2. The van der Waals surface area contributed by atoms with Gasteiger partial charge in [0.05, 0.1) is 0 Å². The van der Waals surface area contributed by atoms with E-state index >= 15 is 0 Å². The molecule has 7 heteroatoms. The zero-order chi connectivity index (χ0) is 18.9. The minimum Gasteiger partial charge on any atom is -0.449 e. The van der Waals surface area contributed by atoms with Crippen molar-refractivity contribution in [3.05, 3.63) is 0 Å². The molecule has 2 rings (SSSR count). The van der Waals surface area contributed by atoms with Crippen molar-refractivity contribution in [3.63, 3.8) is 0 Å². The van der Waals surface area contributed by atoms with Crippen molar-refractivity contribution in [1.29, 1.82) is 0 Å². The topological polar surface area (TPSA) is 83.8 Å². The Balaban J connectivity index is 0.000000350. The third-order valence-corrected chi connectivity index (χ3v) is 6.04. The summed E-state index contributed by atoms with van der Waals surface area (Å²) in [6, 6.07) is 0. The van der Waals surface area contributed by atoms with Gasteiger partial charge in [0.25, 0.3) is 0 Å². The first-order valence-electron chi connectivity index (χ1n) is 9.11. The predicted molar refractivity (Wildman–Crippen MR) is 107 cm³/mol. The Hall–Kier alpha value is -0.560. The molecule has 0 atom stereocenters. The highest BCUT2D eigenvalue weighted by molar-refractivity contribution is 7.98. The smallest absolute Gasteiger partial charge is 0.449 e. The van der Waals surface area contributed by atoms with E-state index in [2.05, 4.69) is 17.2 Å². The maximum atomic E-state index is 9.21. The van der Waals surface area contributed by atoms with Crippen molar-refractivity contribution in [2.75, 3.05) is 24.0 Å². The van der Waals surface area contributed by atoms with Gasteiger partial charge in [0.2, 0.25) is 0 Å². The second-order valence-corrected chi connectivity index (χ2v) is 8.37.